The van der Waals surface area contributed by atoms with E-state index in [0.29, 0.717) is 13.0 Å². The van der Waals surface area contributed by atoms with Crippen molar-refractivity contribution in [3.8, 4) is 0 Å². The van der Waals surface area contributed by atoms with Crippen LogP contribution in [0.15, 0.2) is 89.8 Å². The number of ether oxygens (including phenoxy) is 1. The highest BCUT2D eigenvalue weighted by atomic mass is 32.2. The molecule has 196 valence electrons. The highest BCUT2D eigenvalue weighted by Crippen LogP contribution is 2.37. The van der Waals surface area contributed by atoms with Crippen LogP contribution < -0.4 is 10.4 Å². The van der Waals surface area contributed by atoms with Gasteiger partial charge < -0.3 is 9.16 Å². The van der Waals surface area contributed by atoms with Crippen LogP contribution in [0, 0.1) is 6.92 Å². The van der Waals surface area contributed by atoms with E-state index in [1.165, 1.54) is 27.7 Å². The van der Waals surface area contributed by atoms with Gasteiger partial charge in [0.1, 0.15) is 0 Å². The van der Waals surface area contributed by atoms with E-state index in [9.17, 15) is 4.79 Å². The molecule has 4 rings (SSSR count). The molecule has 37 heavy (non-hydrogen) atoms. The van der Waals surface area contributed by atoms with Crippen molar-refractivity contribution in [2.24, 2.45) is 0 Å². The average Bonchev–Trinajstić information content (AvgIpc) is 2.88. The molecule has 1 saturated heterocycles. The molecule has 3 nitrogen and oxygen atoms in total. The quantitative estimate of drug-likeness (QED) is 0.222. The Morgan fingerprint density at radius 2 is 1.46 bits per heavy atom. The maximum Gasteiger partial charge on any atom is 0.261 e. The van der Waals surface area contributed by atoms with Gasteiger partial charge in [-0.25, -0.2) is 0 Å². The monoisotopic (exact) mass is 532 g/mol. The number of carbonyl (C=O) groups is 1. The number of hydrogen-bond donors (Lipinski definition) is 0. The minimum absolute atomic E-state index is 0.00272. The van der Waals surface area contributed by atoms with Crippen molar-refractivity contribution in [3.05, 3.63) is 90.5 Å². The van der Waals surface area contributed by atoms with E-state index >= 15 is 0 Å². The fourth-order valence-corrected chi connectivity index (χ4v) is 10.8. The lowest BCUT2D eigenvalue weighted by Crippen LogP contribution is -2.66. The zero-order valence-electron chi connectivity index (χ0n) is 22.6. The summed E-state index contributed by atoms with van der Waals surface area (Å²) in [5, 5.41) is 2.74. The standard InChI is InChI=1S/C32H40O3SSi/c1-25-18-20-28(21-19-25)36-31(33)24-27-13-11-12-26(35-27)22-23-34-37(32(2,3)4,29-14-7-5-8-15-29)30-16-9-6-10-17-30/h5-10,14-21,26-27H,11-13,22-24H2,1-4H3/t26-,27+/m1/s1. The Bertz CT molecular complexity index is 1090. The first-order valence-corrected chi connectivity index (χ1v) is 16.2. The van der Waals surface area contributed by atoms with Gasteiger partial charge in [-0.3, -0.25) is 4.79 Å². The molecule has 1 fully saturated rings. The number of rotatable bonds is 9. The zero-order valence-corrected chi connectivity index (χ0v) is 24.4. The lowest BCUT2D eigenvalue weighted by atomic mass is 10.0. The fraction of sp³-hybridized carbons (Fsp3) is 0.406. The van der Waals surface area contributed by atoms with E-state index in [0.717, 1.165) is 30.6 Å². The van der Waals surface area contributed by atoms with Crippen molar-refractivity contribution in [3.63, 3.8) is 0 Å². The number of thioether (sulfide) groups is 1. The lowest BCUT2D eigenvalue weighted by Gasteiger charge is -2.43. The summed E-state index contributed by atoms with van der Waals surface area (Å²) in [5.74, 6) is 0. The Balaban J connectivity index is 1.40. The Hall–Kier alpha value is -2.18. The average molecular weight is 533 g/mol. The van der Waals surface area contributed by atoms with Gasteiger partial charge in [-0.15, -0.1) is 0 Å². The van der Waals surface area contributed by atoms with E-state index in [1.54, 1.807) is 0 Å². The second kappa shape index (κ2) is 12.6. The highest BCUT2D eigenvalue weighted by molar-refractivity contribution is 8.13. The van der Waals surface area contributed by atoms with Crippen LogP contribution in [0.3, 0.4) is 0 Å². The molecule has 0 amide bonds. The number of hydrogen-bond acceptors (Lipinski definition) is 4. The molecular weight excluding hydrogens is 493 g/mol. The van der Waals surface area contributed by atoms with Gasteiger partial charge in [0.05, 0.1) is 12.2 Å². The molecule has 0 bridgehead atoms. The molecule has 0 aliphatic carbocycles. The predicted octanol–water partition coefficient (Wildman–Crippen LogP) is 6.91. The molecule has 0 unspecified atom stereocenters. The minimum Gasteiger partial charge on any atom is -0.407 e. The topological polar surface area (TPSA) is 35.5 Å². The van der Waals surface area contributed by atoms with Gasteiger partial charge in [-0.2, -0.15) is 0 Å². The molecule has 1 aliphatic heterocycles. The third-order valence-corrected chi connectivity index (χ3v) is 13.2. The van der Waals surface area contributed by atoms with Crippen LogP contribution in [-0.4, -0.2) is 32.2 Å². The minimum atomic E-state index is -2.54. The van der Waals surface area contributed by atoms with Gasteiger partial charge in [0.15, 0.2) is 5.12 Å². The first-order chi connectivity index (χ1) is 17.8. The number of carbonyl (C=O) groups excluding carboxylic acids is 1. The molecule has 0 radical (unpaired) electrons. The molecule has 3 aromatic carbocycles. The van der Waals surface area contributed by atoms with E-state index in [4.69, 9.17) is 9.16 Å². The summed E-state index contributed by atoms with van der Waals surface area (Å²) in [6.07, 6.45) is 4.51. The maximum absolute atomic E-state index is 12.7. The summed E-state index contributed by atoms with van der Waals surface area (Å²) in [4.78, 5) is 13.7. The fourth-order valence-electron chi connectivity index (χ4n) is 5.41. The van der Waals surface area contributed by atoms with Crippen LogP contribution in [0.2, 0.25) is 5.04 Å². The first-order valence-electron chi connectivity index (χ1n) is 13.5. The van der Waals surface area contributed by atoms with E-state index in [1.807, 2.05) is 12.1 Å². The number of aryl methyl sites for hydroxylation is 1. The van der Waals surface area contributed by atoms with E-state index < -0.39 is 8.32 Å². The van der Waals surface area contributed by atoms with Crippen molar-refractivity contribution < 1.29 is 14.0 Å². The van der Waals surface area contributed by atoms with Crippen LogP contribution in [0.5, 0.6) is 0 Å². The molecule has 5 heteroatoms. The summed E-state index contributed by atoms with van der Waals surface area (Å²) in [5.41, 5.74) is 1.20. The Labute approximate surface area is 228 Å². The molecular formula is C32H40O3SSi. The Morgan fingerprint density at radius 3 is 2.03 bits per heavy atom. The van der Waals surface area contributed by atoms with E-state index in [-0.39, 0.29) is 22.4 Å². The van der Waals surface area contributed by atoms with Crippen molar-refractivity contribution in [1.82, 2.24) is 0 Å². The maximum atomic E-state index is 12.7. The van der Waals surface area contributed by atoms with Crippen molar-refractivity contribution in [2.45, 2.75) is 81.9 Å². The molecule has 0 saturated carbocycles. The molecule has 0 spiro atoms. The van der Waals surface area contributed by atoms with Crippen molar-refractivity contribution in [2.75, 3.05) is 6.61 Å². The lowest BCUT2D eigenvalue weighted by molar-refractivity contribution is -0.117. The van der Waals surface area contributed by atoms with Gasteiger partial charge in [-0.05, 0) is 60.2 Å². The third-order valence-electron chi connectivity index (χ3n) is 7.26. The Kier molecular flexibility index (Phi) is 9.46. The van der Waals surface area contributed by atoms with Gasteiger partial charge in [-0.1, -0.05) is 111 Å². The molecule has 1 heterocycles. The predicted molar refractivity (Wildman–Crippen MR) is 157 cm³/mol. The summed E-state index contributed by atoms with van der Waals surface area (Å²) in [6.45, 7) is 9.64. The summed E-state index contributed by atoms with van der Waals surface area (Å²) in [7, 11) is -2.54. The third kappa shape index (κ3) is 7.02. The van der Waals surface area contributed by atoms with Crippen molar-refractivity contribution in [1.29, 1.82) is 0 Å². The van der Waals surface area contributed by atoms with Crippen LogP contribution in [0.25, 0.3) is 0 Å². The van der Waals surface area contributed by atoms with Gasteiger partial charge in [0.25, 0.3) is 8.32 Å². The van der Waals surface area contributed by atoms with Crippen LogP contribution in [0.4, 0.5) is 0 Å². The van der Waals surface area contributed by atoms with Crippen LogP contribution in [0.1, 0.15) is 58.4 Å². The first kappa shape index (κ1) is 27.8. The smallest absolute Gasteiger partial charge is 0.261 e. The molecule has 2 atom stereocenters. The number of benzene rings is 3. The van der Waals surface area contributed by atoms with E-state index in [2.05, 4.69) is 100 Å². The molecule has 3 aromatic rings. The summed E-state index contributed by atoms with van der Waals surface area (Å²) >= 11 is 1.33. The molecule has 1 aliphatic rings. The second-order valence-corrected chi connectivity index (χ2v) is 16.5. The normalized spacial score (nSPS) is 18.5. The second-order valence-electron chi connectivity index (χ2n) is 11.1. The summed E-state index contributed by atoms with van der Waals surface area (Å²) in [6, 6.07) is 29.7. The largest absolute Gasteiger partial charge is 0.407 e. The van der Waals surface area contributed by atoms with Gasteiger partial charge >= 0.3 is 0 Å². The SMILES string of the molecule is Cc1ccc(SC(=O)C[C@@H]2CCC[C@H](CCO[Si](c3ccccc3)(c3ccccc3)C(C)(C)C)O2)cc1. The highest BCUT2D eigenvalue weighted by Gasteiger charge is 2.50. The Morgan fingerprint density at radius 1 is 0.892 bits per heavy atom. The summed E-state index contributed by atoms with van der Waals surface area (Å²) < 4.78 is 13.5. The van der Waals surface area contributed by atoms with Crippen LogP contribution >= 0.6 is 11.8 Å². The van der Waals surface area contributed by atoms with Crippen LogP contribution in [-0.2, 0) is 14.0 Å². The van der Waals surface area contributed by atoms with Gasteiger partial charge in [0.2, 0.25) is 0 Å². The molecule has 0 aromatic heterocycles. The van der Waals surface area contributed by atoms with Crippen molar-refractivity contribution >= 4 is 35.6 Å². The van der Waals surface area contributed by atoms with Gasteiger partial charge in [0, 0.05) is 17.9 Å². The zero-order chi connectivity index (χ0) is 26.3. The molecule has 0 N–H and O–H groups in total.